The molecule has 0 fully saturated rings. The maximum Gasteiger partial charge on any atom is 0.235 e. The van der Waals surface area contributed by atoms with Gasteiger partial charge in [0.15, 0.2) is 9.84 Å². The maximum absolute atomic E-state index is 11.5. The molecule has 3 N–H and O–H groups in total. The van der Waals surface area contributed by atoms with Crippen molar-refractivity contribution in [2.45, 2.75) is 32.2 Å². The molecule has 0 aromatic rings. The fraction of sp³-hybridized carbons (Fsp3) is 0.778. The Morgan fingerprint density at radius 1 is 1.38 bits per heavy atom. The van der Waals surface area contributed by atoms with Gasteiger partial charge >= 0.3 is 0 Å². The van der Waals surface area contributed by atoms with Crippen molar-refractivity contribution in [1.82, 2.24) is 5.32 Å². The molecule has 7 heteroatoms. The van der Waals surface area contributed by atoms with Crippen molar-refractivity contribution in [2.24, 2.45) is 5.73 Å². The van der Waals surface area contributed by atoms with E-state index >= 15 is 0 Å². The summed E-state index contributed by atoms with van der Waals surface area (Å²) in [5.74, 6) is -1.11. The number of hydrogen-bond donors (Lipinski definition) is 2. The molecule has 0 radical (unpaired) electrons. The molecule has 0 aromatic heterocycles. The largest absolute Gasteiger partial charge is 0.391 e. The summed E-state index contributed by atoms with van der Waals surface area (Å²) in [4.78, 5) is 11.7. The molecule has 0 aromatic carbocycles. The monoisotopic (exact) mass is 266 g/mol. The van der Waals surface area contributed by atoms with Crippen LogP contribution in [0.5, 0.6) is 0 Å². The highest BCUT2D eigenvalue weighted by Crippen LogP contribution is 2.15. The van der Waals surface area contributed by atoms with Gasteiger partial charge in [0.1, 0.15) is 5.75 Å². The number of rotatable bonds is 6. The summed E-state index contributed by atoms with van der Waals surface area (Å²) in [5.41, 5.74) is 4.79. The van der Waals surface area contributed by atoms with Crippen LogP contribution in [0.3, 0.4) is 0 Å². The number of sulfone groups is 1. The fourth-order valence-corrected chi connectivity index (χ4v) is 2.27. The van der Waals surface area contributed by atoms with Crippen molar-refractivity contribution in [1.29, 1.82) is 0 Å². The maximum atomic E-state index is 11.5. The van der Waals surface area contributed by atoms with E-state index in [1.807, 2.05) is 13.8 Å². The Morgan fingerprint density at radius 3 is 2.06 bits per heavy atom. The molecular weight excluding hydrogens is 248 g/mol. The van der Waals surface area contributed by atoms with Crippen LogP contribution in [-0.2, 0) is 14.6 Å². The van der Waals surface area contributed by atoms with Crippen molar-refractivity contribution in [2.75, 3.05) is 12.0 Å². The summed E-state index contributed by atoms with van der Waals surface area (Å²) in [7, 11) is -3.33. The van der Waals surface area contributed by atoms with Gasteiger partial charge in [0.2, 0.25) is 5.91 Å². The quantitative estimate of drug-likeness (QED) is 0.660. The van der Waals surface area contributed by atoms with Crippen LogP contribution < -0.4 is 11.1 Å². The Morgan fingerprint density at radius 2 is 1.81 bits per heavy atom. The van der Waals surface area contributed by atoms with E-state index in [1.54, 1.807) is 0 Å². The van der Waals surface area contributed by atoms with Gasteiger partial charge in [0, 0.05) is 6.26 Å². The second kappa shape index (κ2) is 5.58. The first-order valence-electron chi connectivity index (χ1n) is 4.95. The minimum absolute atomic E-state index is 0.180. The molecule has 1 amide bonds. The van der Waals surface area contributed by atoms with Gasteiger partial charge < -0.3 is 11.1 Å². The Hall–Kier alpha value is -0.690. The highest BCUT2D eigenvalue weighted by atomic mass is 32.2. The number of nitrogens with two attached hydrogens (primary N) is 1. The molecule has 5 nitrogen and oxygen atoms in total. The van der Waals surface area contributed by atoms with Crippen LogP contribution in [0.4, 0.5) is 0 Å². The van der Waals surface area contributed by atoms with E-state index < -0.39 is 27.0 Å². The van der Waals surface area contributed by atoms with Crippen LogP contribution in [0.15, 0.2) is 0 Å². The molecule has 0 saturated carbocycles. The Bertz CT molecular complexity index is 372. The first-order chi connectivity index (χ1) is 7.17. The normalized spacial score (nSPS) is 12.2. The van der Waals surface area contributed by atoms with Crippen molar-refractivity contribution >= 4 is 33.0 Å². The van der Waals surface area contributed by atoms with E-state index in [4.69, 9.17) is 18.0 Å². The molecule has 0 bridgehead atoms. The van der Waals surface area contributed by atoms with Crippen LogP contribution in [0.25, 0.3) is 0 Å². The van der Waals surface area contributed by atoms with E-state index in [0.29, 0.717) is 12.8 Å². The number of amides is 1. The molecule has 0 rings (SSSR count). The van der Waals surface area contributed by atoms with E-state index in [-0.39, 0.29) is 4.99 Å². The van der Waals surface area contributed by atoms with Gasteiger partial charge in [-0.15, -0.1) is 0 Å². The van der Waals surface area contributed by atoms with Gasteiger partial charge in [-0.1, -0.05) is 26.1 Å². The minimum atomic E-state index is -3.33. The molecule has 0 saturated heterocycles. The Balaban J connectivity index is 4.79. The SMILES string of the molecule is CCC(CC)(NC(=O)CS(C)(=O)=O)C(N)=S. The van der Waals surface area contributed by atoms with Crippen molar-refractivity contribution in [3.05, 3.63) is 0 Å². The molecule has 0 spiro atoms. The van der Waals surface area contributed by atoms with Crippen LogP contribution in [0.1, 0.15) is 26.7 Å². The molecular formula is C9H18N2O3S2. The molecule has 16 heavy (non-hydrogen) atoms. The van der Waals surface area contributed by atoms with E-state index in [9.17, 15) is 13.2 Å². The Labute approximate surface area is 102 Å². The topological polar surface area (TPSA) is 89.3 Å². The summed E-state index contributed by atoms with van der Waals surface area (Å²) >= 11 is 4.90. The zero-order valence-electron chi connectivity index (χ0n) is 9.74. The smallest absolute Gasteiger partial charge is 0.235 e. The molecule has 94 valence electrons. The van der Waals surface area contributed by atoms with Gasteiger partial charge in [-0.05, 0) is 12.8 Å². The van der Waals surface area contributed by atoms with Crippen LogP contribution in [0.2, 0.25) is 0 Å². The molecule has 0 aliphatic carbocycles. The van der Waals surface area contributed by atoms with Crippen LogP contribution in [-0.4, -0.2) is 36.9 Å². The summed E-state index contributed by atoms with van der Waals surface area (Å²) in [6.45, 7) is 3.67. The van der Waals surface area contributed by atoms with Crippen molar-refractivity contribution in [3.63, 3.8) is 0 Å². The first-order valence-corrected chi connectivity index (χ1v) is 7.42. The van der Waals surface area contributed by atoms with Crippen molar-refractivity contribution in [3.8, 4) is 0 Å². The van der Waals surface area contributed by atoms with Gasteiger partial charge in [0.05, 0.1) is 10.5 Å². The van der Waals surface area contributed by atoms with E-state index in [0.717, 1.165) is 6.26 Å². The lowest BCUT2D eigenvalue weighted by molar-refractivity contribution is -0.119. The molecule has 0 aliphatic heterocycles. The second-order valence-corrected chi connectivity index (χ2v) is 6.35. The standard InChI is InChI=1S/C9H18N2O3S2/c1-4-9(5-2,8(10)15)11-7(12)6-16(3,13)14/h4-6H2,1-3H3,(H2,10,15)(H,11,12). The molecule has 0 aliphatic rings. The average Bonchev–Trinajstić information content (AvgIpc) is 2.10. The minimum Gasteiger partial charge on any atom is -0.391 e. The summed E-state index contributed by atoms with van der Waals surface area (Å²) in [6.07, 6.45) is 2.08. The van der Waals surface area contributed by atoms with E-state index in [1.165, 1.54) is 0 Å². The highest BCUT2D eigenvalue weighted by molar-refractivity contribution is 7.91. The number of carbonyl (C=O) groups excluding carboxylic acids is 1. The lowest BCUT2D eigenvalue weighted by atomic mass is 9.93. The number of hydrogen-bond acceptors (Lipinski definition) is 4. The first kappa shape index (κ1) is 15.3. The third kappa shape index (κ3) is 4.44. The van der Waals surface area contributed by atoms with Crippen molar-refractivity contribution < 1.29 is 13.2 Å². The molecule has 0 heterocycles. The average molecular weight is 266 g/mol. The predicted octanol–water partition coefficient (Wildman–Crippen LogP) is -0.00790. The van der Waals surface area contributed by atoms with E-state index in [2.05, 4.69) is 5.32 Å². The zero-order valence-corrected chi connectivity index (χ0v) is 11.4. The Kier molecular flexibility index (Phi) is 5.34. The number of thiocarbonyl (C=S) groups is 1. The summed E-state index contributed by atoms with van der Waals surface area (Å²) in [5, 5.41) is 2.60. The third-order valence-corrected chi connectivity index (χ3v) is 3.63. The lowest BCUT2D eigenvalue weighted by Crippen LogP contribution is -2.57. The molecule has 0 unspecified atom stereocenters. The van der Waals surface area contributed by atoms with Gasteiger partial charge in [0.25, 0.3) is 0 Å². The number of carbonyl (C=O) groups is 1. The summed E-state index contributed by atoms with van der Waals surface area (Å²) in [6, 6.07) is 0. The van der Waals surface area contributed by atoms with Gasteiger partial charge in [-0.2, -0.15) is 0 Å². The molecule has 0 atom stereocenters. The van der Waals surface area contributed by atoms with Gasteiger partial charge in [-0.25, -0.2) is 8.42 Å². The second-order valence-electron chi connectivity index (χ2n) is 3.77. The predicted molar refractivity (Wildman–Crippen MR) is 68.0 cm³/mol. The lowest BCUT2D eigenvalue weighted by Gasteiger charge is -2.31. The zero-order chi connectivity index (χ0) is 13.0. The fourth-order valence-electron chi connectivity index (χ4n) is 1.38. The van der Waals surface area contributed by atoms with Crippen LogP contribution >= 0.6 is 12.2 Å². The third-order valence-electron chi connectivity index (χ3n) is 2.45. The van der Waals surface area contributed by atoms with Crippen LogP contribution in [0, 0.1) is 0 Å². The highest BCUT2D eigenvalue weighted by Gasteiger charge is 2.31. The summed E-state index contributed by atoms with van der Waals surface area (Å²) < 4.78 is 21.9. The van der Waals surface area contributed by atoms with Gasteiger partial charge in [-0.3, -0.25) is 4.79 Å². The number of nitrogens with one attached hydrogen (secondary N) is 1.